The number of ether oxygens (including phenoxy) is 2. The van der Waals surface area contributed by atoms with E-state index in [1.807, 2.05) is 90.3 Å². The molecule has 0 bridgehead atoms. The number of thioether (sulfide) groups is 2. The first kappa shape index (κ1) is 19.7. The summed E-state index contributed by atoms with van der Waals surface area (Å²) in [5, 5.41) is 2.83. The summed E-state index contributed by atoms with van der Waals surface area (Å²) in [6.07, 6.45) is 0. The van der Waals surface area contributed by atoms with Gasteiger partial charge in [-0.2, -0.15) is 0 Å². The van der Waals surface area contributed by atoms with Crippen molar-refractivity contribution in [3.63, 3.8) is 0 Å². The van der Waals surface area contributed by atoms with Crippen molar-refractivity contribution >= 4 is 35.1 Å². The molecular weight excluding hydrogens is 402 g/mol. The molecule has 0 saturated carbocycles. The van der Waals surface area contributed by atoms with E-state index >= 15 is 0 Å². The van der Waals surface area contributed by atoms with E-state index in [1.54, 1.807) is 0 Å². The number of anilines is 1. The zero-order chi connectivity index (χ0) is 19.9. The molecule has 0 aromatic heterocycles. The average Bonchev–Trinajstić information content (AvgIpc) is 3.30. The molecule has 0 atom stereocenters. The van der Waals surface area contributed by atoms with Crippen LogP contribution in [-0.2, 0) is 4.79 Å². The average molecular weight is 424 g/mol. The Morgan fingerprint density at radius 1 is 0.828 bits per heavy atom. The Labute approximate surface area is 179 Å². The van der Waals surface area contributed by atoms with Crippen molar-refractivity contribution in [2.24, 2.45) is 0 Å². The van der Waals surface area contributed by atoms with Gasteiger partial charge in [-0.05, 0) is 54.1 Å². The van der Waals surface area contributed by atoms with Gasteiger partial charge < -0.3 is 14.8 Å². The van der Waals surface area contributed by atoms with E-state index in [2.05, 4.69) is 17.4 Å². The molecule has 1 amide bonds. The Hall–Kier alpha value is -2.57. The predicted octanol–water partition coefficient (Wildman–Crippen LogP) is 5.98. The van der Waals surface area contributed by atoms with Crippen molar-refractivity contribution in [1.82, 2.24) is 0 Å². The van der Waals surface area contributed by atoms with Crippen molar-refractivity contribution in [1.29, 1.82) is 0 Å². The number of para-hydroxylation sites is 1. The van der Waals surface area contributed by atoms with Crippen molar-refractivity contribution < 1.29 is 14.3 Å². The molecule has 0 radical (unpaired) electrons. The van der Waals surface area contributed by atoms with Crippen LogP contribution in [0.1, 0.15) is 10.1 Å². The van der Waals surface area contributed by atoms with Crippen LogP contribution in [0.3, 0.4) is 0 Å². The third-order valence-electron chi connectivity index (χ3n) is 4.26. The minimum atomic E-state index is -0.201. The molecule has 29 heavy (non-hydrogen) atoms. The largest absolute Gasteiger partial charge is 0.484 e. The zero-order valence-corrected chi connectivity index (χ0v) is 17.4. The normalized spacial score (nSPS) is 13.8. The minimum Gasteiger partial charge on any atom is -0.484 e. The summed E-state index contributed by atoms with van der Waals surface area (Å²) in [5.41, 5.74) is 2.00. The van der Waals surface area contributed by atoms with E-state index in [1.165, 1.54) is 17.1 Å². The Morgan fingerprint density at radius 3 is 2.14 bits per heavy atom. The summed E-state index contributed by atoms with van der Waals surface area (Å²) in [4.78, 5) is 12.2. The van der Waals surface area contributed by atoms with Gasteiger partial charge in [-0.15, -0.1) is 23.5 Å². The SMILES string of the molecule is O=C(COc1ccc(C2SCCS2)cc1)Nc1ccc(Oc2ccccc2)cc1. The van der Waals surface area contributed by atoms with E-state index in [-0.39, 0.29) is 12.5 Å². The topological polar surface area (TPSA) is 47.6 Å². The highest BCUT2D eigenvalue weighted by atomic mass is 32.2. The predicted molar refractivity (Wildman–Crippen MR) is 121 cm³/mol. The first-order valence-electron chi connectivity index (χ1n) is 9.35. The molecule has 1 N–H and O–H groups in total. The van der Waals surface area contributed by atoms with E-state index < -0.39 is 0 Å². The zero-order valence-electron chi connectivity index (χ0n) is 15.7. The van der Waals surface area contributed by atoms with Crippen LogP contribution >= 0.6 is 23.5 Å². The third-order valence-corrected chi connectivity index (χ3v) is 7.37. The highest BCUT2D eigenvalue weighted by Crippen LogP contribution is 2.45. The number of amides is 1. The van der Waals surface area contributed by atoms with Crippen LogP contribution in [0.25, 0.3) is 0 Å². The number of hydrogen-bond donors (Lipinski definition) is 1. The van der Waals surface area contributed by atoms with Crippen LogP contribution in [0.15, 0.2) is 78.9 Å². The fourth-order valence-corrected chi connectivity index (χ4v) is 5.71. The fourth-order valence-electron chi connectivity index (χ4n) is 2.85. The molecule has 4 nitrogen and oxygen atoms in total. The second-order valence-corrected chi connectivity index (χ2v) is 9.14. The lowest BCUT2D eigenvalue weighted by molar-refractivity contribution is -0.118. The molecule has 1 aliphatic rings. The van der Waals surface area contributed by atoms with Gasteiger partial charge in [0.05, 0.1) is 4.58 Å². The van der Waals surface area contributed by atoms with Crippen molar-refractivity contribution in [3.8, 4) is 17.2 Å². The van der Waals surface area contributed by atoms with Crippen molar-refractivity contribution in [2.75, 3.05) is 23.4 Å². The summed E-state index contributed by atoms with van der Waals surface area (Å²) in [5.74, 6) is 4.38. The summed E-state index contributed by atoms with van der Waals surface area (Å²) >= 11 is 3.94. The molecule has 6 heteroatoms. The summed E-state index contributed by atoms with van der Waals surface area (Å²) in [6.45, 7) is -0.0332. The van der Waals surface area contributed by atoms with Gasteiger partial charge in [0, 0.05) is 17.2 Å². The third kappa shape index (κ3) is 5.71. The van der Waals surface area contributed by atoms with Gasteiger partial charge in [-0.3, -0.25) is 4.79 Å². The molecule has 0 unspecified atom stereocenters. The number of hydrogen-bond acceptors (Lipinski definition) is 5. The summed E-state index contributed by atoms with van der Waals surface area (Å²) < 4.78 is 11.9. The molecule has 0 aliphatic carbocycles. The lowest BCUT2D eigenvalue weighted by Crippen LogP contribution is -2.20. The quantitative estimate of drug-likeness (QED) is 0.507. The monoisotopic (exact) mass is 423 g/mol. The standard InChI is InChI=1S/C23H21NO3S2/c25-22(16-26-19-10-6-17(7-11-19)23-28-14-15-29-23)24-18-8-12-21(13-9-18)27-20-4-2-1-3-5-20/h1-13,23H,14-16H2,(H,24,25). The molecule has 3 aromatic carbocycles. The maximum absolute atomic E-state index is 12.2. The van der Waals surface area contributed by atoms with Gasteiger partial charge in [0.2, 0.25) is 0 Å². The second kappa shape index (κ2) is 9.76. The van der Waals surface area contributed by atoms with Crippen LogP contribution in [0.5, 0.6) is 17.2 Å². The lowest BCUT2D eigenvalue weighted by Gasteiger charge is -2.11. The molecule has 148 valence electrons. The first-order chi connectivity index (χ1) is 14.3. The van der Waals surface area contributed by atoms with E-state index in [0.29, 0.717) is 21.8 Å². The molecule has 3 aromatic rings. The van der Waals surface area contributed by atoms with Gasteiger partial charge in [-0.1, -0.05) is 30.3 Å². The molecule has 1 aliphatic heterocycles. The number of carbonyl (C=O) groups is 1. The maximum Gasteiger partial charge on any atom is 0.262 e. The molecule has 1 heterocycles. The highest BCUT2D eigenvalue weighted by Gasteiger charge is 2.18. The van der Waals surface area contributed by atoms with Gasteiger partial charge >= 0.3 is 0 Å². The molecule has 0 spiro atoms. The number of benzene rings is 3. The van der Waals surface area contributed by atoms with Crippen LogP contribution in [-0.4, -0.2) is 24.0 Å². The van der Waals surface area contributed by atoms with E-state index in [0.717, 1.165) is 5.75 Å². The summed E-state index contributed by atoms with van der Waals surface area (Å²) in [6, 6.07) is 24.8. The number of nitrogens with one attached hydrogen (secondary N) is 1. The van der Waals surface area contributed by atoms with Crippen LogP contribution < -0.4 is 14.8 Å². The molecule has 1 saturated heterocycles. The van der Waals surface area contributed by atoms with Crippen LogP contribution in [0.4, 0.5) is 5.69 Å². The van der Waals surface area contributed by atoms with E-state index in [4.69, 9.17) is 9.47 Å². The van der Waals surface area contributed by atoms with Crippen molar-refractivity contribution in [3.05, 3.63) is 84.4 Å². The Balaban J connectivity index is 1.25. The highest BCUT2D eigenvalue weighted by molar-refractivity contribution is 8.19. The van der Waals surface area contributed by atoms with Crippen molar-refractivity contribution in [2.45, 2.75) is 4.58 Å². The van der Waals surface area contributed by atoms with Crippen LogP contribution in [0, 0.1) is 0 Å². The van der Waals surface area contributed by atoms with Crippen LogP contribution in [0.2, 0.25) is 0 Å². The van der Waals surface area contributed by atoms with E-state index in [9.17, 15) is 4.79 Å². The molecule has 1 fully saturated rings. The molecular formula is C23H21NO3S2. The second-order valence-electron chi connectivity index (χ2n) is 6.42. The van der Waals surface area contributed by atoms with Gasteiger partial charge in [0.15, 0.2) is 6.61 Å². The minimum absolute atomic E-state index is 0.0332. The number of rotatable bonds is 7. The number of carbonyl (C=O) groups excluding carboxylic acids is 1. The molecule has 4 rings (SSSR count). The fraction of sp³-hybridized carbons (Fsp3) is 0.174. The Kier molecular flexibility index (Phi) is 6.64. The first-order valence-corrected chi connectivity index (χ1v) is 11.4. The van der Waals surface area contributed by atoms with Gasteiger partial charge in [0.25, 0.3) is 5.91 Å². The van der Waals surface area contributed by atoms with Gasteiger partial charge in [0.1, 0.15) is 17.2 Å². The summed E-state index contributed by atoms with van der Waals surface area (Å²) in [7, 11) is 0. The lowest BCUT2D eigenvalue weighted by atomic mass is 10.2. The smallest absolute Gasteiger partial charge is 0.262 e. The maximum atomic E-state index is 12.2. The Morgan fingerprint density at radius 2 is 1.45 bits per heavy atom. The Bertz CT molecular complexity index is 925. The van der Waals surface area contributed by atoms with Gasteiger partial charge in [-0.25, -0.2) is 0 Å².